The first-order valence-corrected chi connectivity index (χ1v) is 10.9. The highest BCUT2D eigenvalue weighted by Gasteiger charge is 2.27. The molecule has 2 aliphatic heterocycles. The summed E-state index contributed by atoms with van der Waals surface area (Å²) in [6.07, 6.45) is 8.49. The number of hydrogen-bond donors (Lipinski definition) is 0. The zero-order valence-corrected chi connectivity index (χ0v) is 17.5. The molecule has 0 N–H and O–H groups in total. The second-order valence-corrected chi connectivity index (χ2v) is 9.06. The van der Waals surface area contributed by atoms with E-state index in [1.807, 2.05) is 21.8 Å². The van der Waals surface area contributed by atoms with Gasteiger partial charge in [-0.3, -0.25) is 4.79 Å². The number of likely N-dealkylation sites (tertiary alicyclic amines) is 2. The van der Waals surface area contributed by atoms with Crippen molar-refractivity contribution >= 4 is 16.9 Å². The zero-order valence-electron chi connectivity index (χ0n) is 17.5. The highest BCUT2D eigenvalue weighted by atomic mass is 16.2. The summed E-state index contributed by atoms with van der Waals surface area (Å²) in [6.45, 7) is 11.8. The van der Waals surface area contributed by atoms with E-state index in [0.29, 0.717) is 11.5 Å². The Bertz CT molecular complexity index is 821. The molecule has 0 aromatic carbocycles. The Morgan fingerprint density at radius 1 is 1.18 bits per heavy atom. The van der Waals surface area contributed by atoms with Gasteiger partial charge in [0, 0.05) is 37.3 Å². The Morgan fingerprint density at radius 3 is 2.71 bits per heavy atom. The molecule has 4 heterocycles. The van der Waals surface area contributed by atoms with Crippen LogP contribution in [0.5, 0.6) is 0 Å². The average Bonchev–Trinajstić information content (AvgIpc) is 3.13. The molecule has 0 spiro atoms. The molecular weight excluding hydrogens is 350 g/mol. The van der Waals surface area contributed by atoms with Gasteiger partial charge in [-0.15, -0.1) is 0 Å². The van der Waals surface area contributed by atoms with E-state index in [1.54, 1.807) is 6.20 Å². The predicted molar refractivity (Wildman–Crippen MR) is 111 cm³/mol. The van der Waals surface area contributed by atoms with Gasteiger partial charge < -0.3 is 9.80 Å². The number of carbonyl (C=O) groups excluding carboxylic acids is 1. The Hall–Kier alpha value is -1.95. The summed E-state index contributed by atoms with van der Waals surface area (Å²) < 4.78 is 1.90. The van der Waals surface area contributed by atoms with Crippen LogP contribution >= 0.6 is 0 Å². The summed E-state index contributed by atoms with van der Waals surface area (Å²) in [5, 5.41) is 5.35. The molecule has 2 saturated heterocycles. The summed E-state index contributed by atoms with van der Waals surface area (Å²) >= 11 is 0. The maximum atomic E-state index is 13.1. The SMILES string of the molecule is CC1CCN(CC2CCCN(C(=O)c3cnc4c(cnn4C(C)C)c3)C2)CC1. The van der Waals surface area contributed by atoms with Crippen LogP contribution < -0.4 is 0 Å². The Kier molecular flexibility index (Phi) is 5.67. The van der Waals surface area contributed by atoms with E-state index >= 15 is 0 Å². The van der Waals surface area contributed by atoms with Gasteiger partial charge in [0.25, 0.3) is 5.91 Å². The van der Waals surface area contributed by atoms with Gasteiger partial charge in [0.2, 0.25) is 0 Å². The molecule has 1 amide bonds. The quantitative estimate of drug-likeness (QED) is 0.809. The van der Waals surface area contributed by atoms with Crippen LogP contribution in [0.1, 0.15) is 62.9 Å². The average molecular weight is 384 g/mol. The fraction of sp³-hybridized carbons (Fsp3) is 0.682. The number of rotatable bonds is 4. The highest BCUT2D eigenvalue weighted by molar-refractivity contribution is 5.96. The summed E-state index contributed by atoms with van der Waals surface area (Å²) in [7, 11) is 0. The molecule has 6 heteroatoms. The van der Waals surface area contributed by atoms with Gasteiger partial charge in [-0.25, -0.2) is 9.67 Å². The molecule has 2 aromatic heterocycles. The third kappa shape index (κ3) is 4.07. The van der Waals surface area contributed by atoms with Gasteiger partial charge in [0.1, 0.15) is 0 Å². The van der Waals surface area contributed by atoms with Crippen LogP contribution in [0.15, 0.2) is 18.5 Å². The van der Waals surface area contributed by atoms with Crippen molar-refractivity contribution in [3.8, 4) is 0 Å². The maximum absolute atomic E-state index is 13.1. The fourth-order valence-electron chi connectivity index (χ4n) is 4.63. The van der Waals surface area contributed by atoms with Crippen molar-refractivity contribution in [3.63, 3.8) is 0 Å². The molecule has 28 heavy (non-hydrogen) atoms. The minimum atomic E-state index is 0.115. The number of nitrogens with zero attached hydrogens (tertiary/aromatic N) is 5. The molecule has 0 radical (unpaired) electrons. The van der Waals surface area contributed by atoms with Crippen molar-refractivity contribution in [3.05, 3.63) is 24.0 Å². The maximum Gasteiger partial charge on any atom is 0.255 e. The zero-order chi connectivity index (χ0) is 19.7. The van der Waals surface area contributed by atoms with E-state index in [4.69, 9.17) is 0 Å². The fourth-order valence-corrected chi connectivity index (χ4v) is 4.63. The third-order valence-electron chi connectivity index (χ3n) is 6.37. The predicted octanol–water partition coefficient (Wildman–Crippen LogP) is 3.60. The third-order valence-corrected chi connectivity index (χ3v) is 6.37. The lowest BCUT2D eigenvalue weighted by molar-refractivity contribution is 0.0622. The second kappa shape index (κ2) is 8.19. The Labute approximate surface area is 167 Å². The van der Waals surface area contributed by atoms with Crippen LogP contribution in [0.25, 0.3) is 11.0 Å². The lowest BCUT2D eigenvalue weighted by atomic mass is 9.94. The van der Waals surface area contributed by atoms with Crippen LogP contribution in [-0.2, 0) is 0 Å². The van der Waals surface area contributed by atoms with Gasteiger partial charge in [-0.05, 0) is 70.5 Å². The number of hydrogen-bond acceptors (Lipinski definition) is 4. The number of fused-ring (bicyclic) bond motifs is 1. The number of pyridine rings is 1. The normalized spacial score (nSPS) is 22.3. The molecule has 0 aliphatic carbocycles. The van der Waals surface area contributed by atoms with E-state index in [0.717, 1.165) is 43.0 Å². The minimum absolute atomic E-state index is 0.115. The summed E-state index contributed by atoms with van der Waals surface area (Å²) in [6, 6.07) is 2.21. The molecule has 152 valence electrons. The molecule has 4 rings (SSSR count). The van der Waals surface area contributed by atoms with Crippen molar-refractivity contribution in [1.29, 1.82) is 0 Å². The molecule has 0 saturated carbocycles. The van der Waals surface area contributed by atoms with Crippen LogP contribution in [-0.4, -0.2) is 63.2 Å². The second-order valence-electron chi connectivity index (χ2n) is 9.06. The molecule has 0 bridgehead atoms. The minimum Gasteiger partial charge on any atom is -0.338 e. The molecule has 2 aliphatic rings. The van der Waals surface area contributed by atoms with Gasteiger partial charge in [0.15, 0.2) is 5.65 Å². The van der Waals surface area contributed by atoms with E-state index in [2.05, 4.69) is 35.8 Å². The largest absolute Gasteiger partial charge is 0.338 e. The highest BCUT2D eigenvalue weighted by Crippen LogP contribution is 2.24. The van der Waals surface area contributed by atoms with Crippen molar-refractivity contribution in [2.45, 2.75) is 52.5 Å². The first-order valence-electron chi connectivity index (χ1n) is 10.9. The molecule has 1 unspecified atom stereocenters. The number of aromatic nitrogens is 3. The van der Waals surface area contributed by atoms with Crippen molar-refractivity contribution < 1.29 is 4.79 Å². The van der Waals surface area contributed by atoms with Crippen LogP contribution in [0.3, 0.4) is 0 Å². The topological polar surface area (TPSA) is 54.3 Å². The summed E-state index contributed by atoms with van der Waals surface area (Å²) in [5.41, 5.74) is 1.53. The van der Waals surface area contributed by atoms with E-state index in [-0.39, 0.29) is 11.9 Å². The van der Waals surface area contributed by atoms with Gasteiger partial charge in [0.05, 0.1) is 11.8 Å². The summed E-state index contributed by atoms with van der Waals surface area (Å²) in [5.74, 6) is 1.57. The van der Waals surface area contributed by atoms with Crippen molar-refractivity contribution in [2.24, 2.45) is 11.8 Å². The molecular formula is C22H33N5O. The number of carbonyl (C=O) groups is 1. The first kappa shape index (κ1) is 19.4. The molecule has 1 atom stereocenters. The first-order chi connectivity index (χ1) is 13.5. The number of piperidine rings is 2. The van der Waals surface area contributed by atoms with E-state index in [9.17, 15) is 4.79 Å². The standard InChI is InChI=1S/C22H33N5O/c1-16(2)27-21-19(13-24-27)11-20(12-23-21)22(28)26-8-4-5-18(15-26)14-25-9-6-17(3)7-10-25/h11-13,16-18H,4-10,14-15H2,1-3H3. The van der Waals surface area contributed by atoms with Gasteiger partial charge >= 0.3 is 0 Å². The van der Waals surface area contributed by atoms with Gasteiger partial charge in [-0.2, -0.15) is 5.10 Å². The van der Waals surface area contributed by atoms with Crippen molar-refractivity contribution in [2.75, 3.05) is 32.7 Å². The summed E-state index contributed by atoms with van der Waals surface area (Å²) in [4.78, 5) is 22.3. The number of amides is 1. The Morgan fingerprint density at radius 2 is 1.96 bits per heavy atom. The van der Waals surface area contributed by atoms with Gasteiger partial charge in [-0.1, -0.05) is 6.92 Å². The van der Waals surface area contributed by atoms with E-state index in [1.165, 1.54) is 32.4 Å². The Balaban J connectivity index is 1.42. The van der Waals surface area contributed by atoms with Crippen molar-refractivity contribution in [1.82, 2.24) is 24.6 Å². The van der Waals surface area contributed by atoms with Crippen LogP contribution in [0.2, 0.25) is 0 Å². The molecule has 2 aromatic rings. The lowest BCUT2D eigenvalue weighted by Crippen LogP contribution is -2.45. The van der Waals surface area contributed by atoms with Crippen LogP contribution in [0, 0.1) is 11.8 Å². The smallest absolute Gasteiger partial charge is 0.255 e. The molecule has 6 nitrogen and oxygen atoms in total. The lowest BCUT2D eigenvalue weighted by Gasteiger charge is -2.37. The van der Waals surface area contributed by atoms with E-state index < -0.39 is 0 Å². The van der Waals surface area contributed by atoms with Crippen LogP contribution in [0.4, 0.5) is 0 Å². The monoisotopic (exact) mass is 383 g/mol. The molecule has 2 fully saturated rings.